The molecule has 1 atom stereocenters. The molecule has 0 radical (unpaired) electrons. The van der Waals surface area contributed by atoms with Crippen molar-refractivity contribution in [1.29, 1.82) is 0 Å². The Morgan fingerprint density at radius 2 is 2.05 bits per heavy atom. The van der Waals surface area contributed by atoms with Crippen LogP contribution in [-0.4, -0.2) is 24.2 Å². The van der Waals surface area contributed by atoms with E-state index in [2.05, 4.69) is 12.2 Å². The van der Waals surface area contributed by atoms with Gasteiger partial charge in [-0.2, -0.15) is 0 Å². The first kappa shape index (κ1) is 16.3. The van der Waals surface area contributed by atoms with Gasteiger partial charge in [-0.15, -0.1) is 0 Å². The Balaban J connectivity index is 2.56. The van der Waals surface area contributed by atoms with E-state index in [1.54, 1.807) is 18.2 Å². The predicted octanol–water partition coefficient (Wildman–Crippen LogP) is 3.52. The van der Waals surface area contributed by atoms with Gasteiger partial charge in [-0.05, 0) is 37.0 Å². The van der Waals surface area contributed by atoms with Gasteiger partial charge in [0.05, 0.1) is 10.0 Å². The van der Waals surface area contributed by atoms with Crippen LogP contribution in [0.1, 0.15) is 36.5 Å². The molecule has 19 heavy (non-hydrogen) atoms. The average Bonchev–Trinajstić information content (AvgIpc) is 2.39. The highest BCUT2D eigenvalue weighted by Gasteiger charge is 2.11. The summed E-state index contributed by atoms with van der Waals surface area (Å²) in [6.07, 6.45) is 2.73. The predicted molar refractivity (Wildman–Crippen MR) is 78.9 cm³/mol. The summed E-state index contributed by atoms with van der Waals surface area (Å²) in [7, 11) is 0. The van der Waals surface area contributed by atoms with Crippen LogP contribution in [0.4, 0.5) is 0 Å². The Morgan fingerprint density at radius 3 is 2.63 bits per heavy atom. The summed E-state index contributed by atoms with van der Waals surface area (Å²) >= 11 is 11.7. The minimum absolute atomic E-state index is 0.146. The third-order valence-electron chi connectivity index (χ3n) is 2.97. The van der Waals surface area contributed by atoms with E-state index < -0.39 is 0 Å². The van der Waals surface area contributed by atoms with Crippen LogP contribution >= 0.6 is 23.2 Å². The maximum absolute atomic E-state index is 11.9. The number of aliphatic hydroxyl groups excluding tert-OH is 1. The number of halogens is 2. The number of hydrogen-bond acceptors (Lipinski definition) is 2. The molecular weight excluding hydrogens is 285 g/mol. The lowest BCUT2D eigenvalue weighted by molar-refractivity contribution is 0.0943. The second-order valence-electron chi connectivity index (χ2n) is 4.51. The number of rotatable bonds is 7. The van der Waals surface area contributed by atoms with Crippen LogP contribution in [0.25, 0.3) is 0 Å². The maximum Gasteiger partial charge on any atom is 0.251 e. The maximum atomic E-state index is 11.9. The quantitative estimate of drug-likeness (QED) is 0.809. The zero-order valence-electron chi connectivity index (χ0n) is 11.0. The molecule has 0 bridgehead atoms. The minimum atomic E-state index is -0.169. The first-order valence-corrected chi connectivity index (χ1v) is 7.18. The molecule has 1 amide bonds. The Kier molecular flexibility index (Phi) is 7.21. The summed E-state index contributed by atoms with van der Waals surface area (Å²) in [5.74, 6) is 0.138. The van der Waals surface area contributed by atoms with Crippen molar-refractivity contribution in [3.63, 3.8) is 0 Å². The highest BCUT2D eigenvalue weighted by molar-refractivity contribution is 6.42. The average molecular weight is 304 g/mol. The number of carbonyl (C=O) groups is 1. The summed E-state index contributed by atoms with van der Waals surface area (Å²) in [4.78, 5) is 11.9. The van der Waals surface area contributed by atoms with Crippen molar-refractivity contribution in [2.75, 3.05) is 13.2 Å². The number of amides is 1. The van der Waals surface area contributed by atoms with Crippen LogP contribution in [0.3, 0.4) is 0 Å². The van der Waals surface area contributed by atoms with E-state index in [4.69, 9.17) is 28.3 Å². The standard InChI is InChI=1S/C14H19Cl2NO2/c1-2-3-10(6-7-18)9-17-14(19)11-4-5-12(15)13(16)8-11/h4-5,8,10,18H,2-3,6-7,9H2,1H3,(H,17,19). The molecular formula is C14H19Cl2NO2. The van der Waals surface area contributed by atoms with Crippen LogP contribution in [0.5, 0.6) is 0 Å². The van der Waals surface area contributed by atoms with Gasteiger partial charge < -0.3 is 10.4 Å². The Hall–Kier alpha value is -0.770. The normalized spacial score (nSPS) is 12.2. The first-order chi connectivity index (χ1) is 9.08. The topological polar surface area (TPSA) is 49.3 Å². The largest absolute Gasteiger partial charge is 0.396 e. The number of carbonyl (C=O) groups excluding carboxylic acids is 1. The van der Waals surface area contributed by atoms with Gasteiger partial charge >= 0.3 is 0 Å². The van der Waals surface area contributed by atoms with Crippen molar-refractivity contribution < 1.29 is 9.90 Å². The summed E-state index contributed by atoms with van der Waals surface area (Å²) in [5, 5.41) is 12.6. The van der Waals surface area contributed by atoms with E-state index in [1.807, 2.05) is 0 Å². The van der Waals surface area contributed by atoms with Gasteiger partial charge in [0, 0.05) is 18.7 Å². The number of hydrogen-bond donors (Lipinski definition) is 2. The van der Waals surface area contributed by atoms with Crippen LogP contribution < -0.4 is 5.32 Å². The molecule has 0 aliphatic heterocycles. The fourth-order valence-corrected chi connectivity index (χ4v) is 2.21. The molecule has 5 heteroatoms. The third-order valence-corrected chi connectivity index (χ3v) is 3.71. The molecule has 0 heterocycles. The van der Waals surface area contributed by atoms with Gasteiger partial charge in [-0.25, -0.2) is 0 Å². The summed E-state index contributed by atoms with van der Waals surface area (Å²) in [6, 6.07) is 4.81. The smallest absolute Gasteiger partial charge is 0.251 e. The summed E-state index contributed by atoms with van der Waals surface area (Å²) < 4.78 is 0. The molecule has 2 N–H and O–H groups in total. The Labute approximate surface area is 123 Å². The van der Waals surface area contributed by atoms with Gasteiger partial charge in [-0.1, -0.05) is 36.5 Å². The Morgan fingerprint density at radius 1 is 1.32 bits per heavy atom. The lowest BCUT2D eigenvalue weighted by Crippen LogP contribution is -2.29. The van der Waals surface area contributed by atoms with Gasteiger partial charge in [0.25, 0.3) is 5.91 Å². The van der Waals surface area contributed by atoms with Crippen molar-refractivity contribution in [2.24, 2.45) is 5.92 Å². The highest BCUT2D eigenvalue weighted by Crippen LogP contribution is 2.22. The molecule has 106 valence electrons. The molecule has 0 fully saturated rings. The molecule has 3 nitrogen and oxygen atoms in total. The van der Waals surface area contributed by atoms with Gasteiger partial charge in [0.15, 0.2) is 0 Å². The van der Waals surface area contributed by atoms with Crippen LogP contribution in [0, 0.1) is 5.92 Å². The molecule has 1 rings (SSSR count). The van der Waals surface area contributed by atoms with Crippen LogP contribution in [-0.2, 0) is 0 Å². The first-order valence-electron chi connectivity index (χ1n) is 6.42. The molecule has 0 spiro atoms. The van der Waals surface area contributed by atoms with E-state index in [9.17, 15) is 4.79 Å². The van der Waals surface area contributed by atoms with Crippen molar-refractivity contribution in [1.82, 2.24) is 5.32 Å². The van der Waals surface area contributed by atoms with Crippen molar-refractivity contribution >= 4 is 29.1 Å². The van der Waals surface area contributed by atoms with E-state index >= 15 is 0 Å². The van der Waals surface area contributed by atoms with E-state index in [0.717, 1.165) is 12.8 Å². The zero-order valence-corrected chi connectivity index (χ0v) is 12.5. The van der Waals surface area contributed by atoms with Gasteiger partial charge in [0.2, 0.25) is 0 Å². The van der Waals surface area contributed by atoms with Gasteiger partial charge in [-0.3, -0.25) is 4.79 Å². The SMILES string of the molecule is CCCC(CCO)CNC(=O)c1ccc(Cl)c(Cl)c1. The summed E-state index contributed by atoms with van der Waals surface area (Å²) in [5.41, 5.74) is 0.494. The number of nitrogens with one attached hydrogen (secondary N) is 1. The second kappa shape index (κ2) is 8.41. The van der Waals surface area contributed by atoms with Gasteiger partial charge in [0.1, 0.15) is 0 Å². The minimum Gasteiger partial charge on any atom is -0.396 e. The second-order valence-corrected chi connectivity index (χ2v) is 5.32. The zero-order chi connectivity index (χ0) is 14.3. The van der Waals surface area contributed by atoms with Crippen molar-refractivity contribution in [2.45, 2.75) is 26.2 Å². The fourth-order valence-electron chi connectivity index (χ4n) is 1.92. The molecule has 0 aromatic heterocycles. The van der Waals surface area contributed by atoms with Crippen molar-refractivity contribution in [3.8, 4) is 0 Å². The number of benzene rings is 1. The lowest BCUT2D eigenvalue weighted by atomic mass is 10.00. The van der Waals surface area contributed by atoms with E-state index in [-0.39, 0.29) is 12.5 Å². The molecule has 1 unspecified atom stereocenters. The lowest BCUT2D eigenvalue weighted by Gasteiger charge is -2.15. The number of aliphatic hydroxyl groups is 1. The molecule has 1 aromatic rings. The molecule has 0 saturated carbocycles. The van der Waals surface area contributed by atoms with Crippen LogP contribution in [0.15, 0.2) is 18.2 Å². The van der Waals surface area contributed by atoms with Crippen LogP contribution in [0.2, 0.25) is 10.0 Å². The van der Waals surface area contributed by atoms with E-state index in [1.165, 1.54) is 0 Å². The fraction of sp³-hybridized carbons (Fsp3) is 0.500. The van der Waals surface area contributed by atoms with E-state index in [0.29, 0.717) is 34.5 Å². The molecule has 0 aliphatic rings. The highest BCUT2D eigenvalue weighted by atomic mass is 35.5. The monoisotopic (exact) mass is 303 g/mol. The third kappa shape index (κ3) is 5.39. The Bertz CT molecular complexity index is 418. The molecule has 0 saturated heterocycles. The summed E-state index contributed by atoms with van der Waals surface area (Å²) in [6.45, 7) is 2.80. The molecule has 0 aliphatic carbocycles. The molecule has 1 aromatic carbocycles. The van der Waals surface area contributed by atoms with Crippen molar-refractivity contribution in [3.05, 3.63) is 33.8 Å².